The van der Waals surface area contributed by atoms with Gasteiger partial charge in [0, 0.05) is 13.1 Å². The molecule has 1 aliphatic rings. The molecule has 1 aliphatic heterocycles. The molecule has 0 N–H and O–H groups in total. The van der Waals surface area contributed by atoms with Crippen molar-refractivity contribution in [1.29, 1.82) is 0 Å². The minimum atomic E-state index is 0.396. The number of hydrogen-bond acceptors (Lipinski definition) is 2. The van der Waals surface area contributed by atoms with Gasteiger partial charge >= 0.3 is 0 Å². The summed E-state index contributed by atoms with van der Waals surface area (Å²) in [5.74, 6) is 0. The quantitative estimate of drug-likeness (QED) is 0.622. The first-order chi connectivity index (χ1) is 5.33. The lowest BCUT2D eigenvalue weighted by atomic mass is 10.2. The molecule has 0 bridgehead atoms. The van der Waals surface area contributed by atoms with Crippen LogP contribution in [0, 0.1) is 0 Å². The van der Waals surface area contributed by atoms with Crippen molar-refractivity contribution < 1.29 is 4.84 Å². The maximum absolute atomic E-state index is 5.67. The van der Waals surface area contributed by atoms with Crippen LogP contribution in [0.15, 0.2) is 0 Å². The van der Waals surface area contributed by atoms with Crippen molar-refractivity contribution in [2.45, 2.75) is 45.6 Å². The van der Waals surface area contributed by atoms with E-state index in [1.165, 1.54) is 19.3 Å². The van der Waals surface area contributed by atoms with Gasteiger partial charge in [-0.2, -0.15) is 5.06 Å². The van der Waals surface area contributed by atoms with Crippen LogP contribution in [0.3, 0.4) is 0 Å². The van der Waals surface area contributed by atoms with E-state index in [1.54, 1.807) is 0 Å². The van der Waals surface area contributed by atoms with Crippen molar-refractivity contribution in [2.24, 2.45) is 0 Å². The lowest BCUT2D eigenvalue weighted by Gasteiger charge is -2.28. The lowest BCUT2D eigenvalue weighted by molar-refractivity contribution is -0.200. The highest BCUT2D eigenvalue weighted by atomic mass is 16.7. The van der Waals surface area contributed by atoms with Gasteiger partial charge < -0.3 is 0 Å². The summed E-state index contributed by atoms with van der Waals surface area (Å²) in [5, 5.41) is 2.12. The number of rotatable bonds is 3. The van der Waals surface area contributed by atoms with Crippen LogP contribution in [-0.4, -0.2) is 24.3 Å². The Bertz CT molecular complexity index is 99.7. The van der Waals surface area contributed by atoms with Gasteiger partial charge in [0.05, 0.1) is 6.10 Å². The predicted molar refractivity (Wildman–Crippen MR) is 46.3 cm³/mol. The van der Waals surface area contributed by atoms with E-state index in [-0.39, 0.29) is 0 Å². The van der Waals surface area contributed by atoms with Gasteiger partial charge in [-0.1, -0.05) is 13.3 Å². The van der Waals surface area contributed by atoms with E-state index in [0.717, 1.165) is 19.5 Å². The first kappa shape index (κ1) is 9.01. The van der Waals surface area contributed by atoms with E-state index in [4.69, 9.17) is 4.84 Å². The number of hydroxylamine groups is 2. The summed E-state index contributed by atoms with van der Waals surface area (Å²) in [6.07, 6.45) is 5.48. The smallest absolute Gasteiger partial charge is 0.0762 e. The van der Waals surface area contributed by atoms with Crippen LogP contribution in [0.25, 0.3) is 0 Å². The topological polar surface area (TPSA) is 12.5 Å². The summed E-state index contributed by atoms with van der Waals surface area (Å²) in [5.41, 5.74) is 0. The van der Waals surface area contributed by atoms with Crippen LogP contribution in [0.5, 0.6) is 0 Å². The van der Waals surface area contributed by atoms with Gasteiger partial charge in [0.25, 0.3) is 0 Å². The molecular formula is C9H19NO. The molecule has 1 saturated heterocycles. The highest BCUT2D eigenvalue weighted by molar-refractivity contribution is 4.57. The molecule has 0 aromatic carbocycles. The number of hydrogen-bond donors (Lipinski definition) is 0. The highest BCUT2D eigenvalue weighted by Gasteiger charge is 2.12. The van der Waals surface area contributed by atoms with Gasteiger partial charge in [0.15, 0.2) is 0 Å². The van der Waals surface area contributed by atoms with E-state index in [0.29, 0.717) is 6.10 Å². The molecule has 11 heavy (non-hydrogen) atoms. The standard InChI is InChI=1S/C9H19NO/c1-3-9(2)11-10-7-5-4-6-8-10/h9H,3-8H2,1-2H3. The molecule has 0 amide bonds. The Balaban J connectivity index is 2.13. The molecule has 1 heterocycles. The Labute approximate surface area is 69.5 Å². The Morgan fingerprint density at radius 3 is 2.45 bits per heavy atom. The molecule has 1 atom stereocenters. The highest BCUT2D eigenvalue weighted by Crippen LogP contribution is 2.11. The van der Waals surface area contributed by atoms with Crippen LogP contribution in [0.1, 0.15) is 39.5 Å². The number of nitrogens with zero attached hydrogens (tertiary/aromatic N) is 1. The molecule has 0 aromatic rings. The Hall–Kier alpha value is -0.0800. The second kappa shape index (κ2) is 4.73. The minimum absolute atomic E-state index is 0.396. The second-order valence-corrected chi connectivity index (χ2v) is 3.31. The van der Waals surface area contributed by atoms with Gasteiger partial charge in [-0.05, 0) is 26.2 Å². The van der Waals surface area contributed by atoms with E-state index < -0.39 is 0 Å². The maximum Gasteiger partial charge on any atom is 0.0762 e. The van der Waals surface area contributed by atoms with Crippen molar-refractivity contribution in [3.63, 3.8) is 0 Å². The summed E-state index contributed by atoms with van der Waals surface area (Å²) < 4.78 is 0. The van der Waals surface area contributed by atoms with Gasteiger partial charge in [-0.15, -0.1) is 0 Å². The van der Waals surface area contributed by atoms with Crippen LogP contribution in [0.2, 0.25) is 0 Å². The molecule has 1 unspecified atom stereocenters. The zero-order valence-electron chi connectivity index (χ0n) is 7.68. The summed E-state index contributed by atoms with van der Waals surface area (Å²) in [6.45, 7) is 6.55. The van der Waals surface area contributed by atoms with Crippen LogP contribution < -0.4 is 0 Å². The molecule has 0 radical (unpaired) electrons. The first-order valence-corrected chi connectivity index (χ1v) is 4.74. The van der Waals surface area contributed by atoms with E-state index in [2.05, 4.69) is 18.9 Å². The average molecular weight is 157 g/mol. The Morgan fingerprint density at radius 2 is 1.91 bits per heavy atom. The third-order valence-corrected chi connectivity index (χ3v) is 2.22. The lowest BCUT2D eigenvalue weighted by Crippen LogP contribution is -2.32. The van der Waals surface area contributed by atoms with Gasteiger partial charge in [-0.3, -0.25) is 4.84 Å². The zero-order chi connectivity index (χ0) is 8.10. The summed E-state index contributed by atoms with van der Waals surface area (Å²) in [4.78, 5) is 5.67. The molecule has 0 aliphatic carbocycles. The van der Waals surface area contributed by atoms with Crippen LogP contribution in [0.4, 0.5) is 0 Å². The Kier molecular flexibility index (Phi) is 3.87. The molecule has 66 valence electrons. The fourth-order valence-electron chi connectivity index (χ4n) is 1.30. The molecular weight excluding hydrogens is 138 g/mol. The summed E-state index contributed by atoms with van der Waals surface area (Å²) in [6, 6.07) is 0. The fourth-order valence-corrected chi connectivity index (χ4v) is 1.30. The molecule has 0 saturated carbocycles. The molecule has 2 nitrogen and oxygen atoms in total. The first-order valence-electron chi connectivity index (χ1n) is 4.74. The second-order valence-electron chi connectivity index (χ2n) is 3.31. The largest absolute Gasteiger partial charge is 0.296 e. The third kappa shape index (κ3) is 3.21. The maximum atomic E-state index is 5.67. The van der Waals surface area contributed by atoms with Gasteiger partial charge in [0.2, 0.25) is 0 Å². The van der Waals surface area contributed by atoms with E-state index in [1.807, 2.05) is 0 Å². The zero-order valence-corrected chi connectivity index (χ0v) is 7.68. The molecule has 1 fully saturated rings. The molecule has 0 spiro atoms. The van der Waals surface area contributed by atoms with Crippen molar-refractivity contribution in [1.82, 2.24) is 5.06 Å². The minimum Gasteiger partial charge on any atom is -0.296 e. The van der Waals surface area contributed by atoms with Crippen molar-refractivity contribution >= 4 is 0 Å². The van der Waals surface area contributed by atoms with Crippen LogP contribution in [-0.2, 0) is 4.84 Å². The van der Waals surface area contributed by atoms with E-state index in [9.17, 15) is 0 Å². The van der Waals surface area contributed by atoms with Crippen molar-refractivity contribution in [2.75, 3.05) is 13.1 Å². The van der Waals surface area contributed by atoms with Gasteiger partial charge in [-0.25, -0.2) is 0 Å². The molecule has 1 rings (SSSR count). The van der Waals surface area contributed by atoms with Crippen molar-refractivity contribution in [3.05, 3.63) is 0 Å². The summed E-state index contributed by atoms with van der Waals surface area (Å²) in [7, 11) is 0. The summed E-state index contributed by atoms with van der Waals surface area (Å²) >= 11 is 0. The fraction of sp³-hybridized carbons (Fsp3) is 1.00. The monoisotopic (exact) mass is 157 g/mol. The predicted octanol–water partition coefficient (Wildman–Crippen LogP) is 2.20. The van der Waals surface area contributed by atoms with Crippen LogP contribution >= 0.6 is 0 Å². The average Bonchev–Trinajstić information content (AvgIpc) is 2.06. The SMILES string of the molecule is CCC(C)ON1CCCCC1. The normalized spacial score (nSPS) is 23.5. The number of piperidine rings is 1. The third-order valence-electron chi connectivity index (χ3n) is 2.22. The Morgan fingerprint density at radius 1 is 1.27 bits per heavy atom. The molecule has 2 heteroatoms. The van der Waals surface area contributed by atoms with Gasteiger partial charge in [0.1, 0.15) is 0 Å². The van der Waals surface area contributed by atoms with E-state index >= 15 is 0 Å². The van der Waals surface area contributed by atoms with Crippen molar-refractivity contribution in [3.8, 4) is 0 Å². The molecule has 0 aromatic heterocycles.